The van der Waals surface area contributed by atoms with E-state index in [1.54, 1.807) is 29.2 Å². The number of benzene rings is 9. The van der Waals surface area contributed by atoms with Crippen LogP contribution in [0.1, 0.15) is 88.6 Å². The molecular formula is C93H112BrCl3F4N6O10. The molecule has 0 spiro atoms. The van der Waals surface area contributed by atoms with E-state index in [2.05, 4.69) is 67.9 Å². The number of aliphatic hydroxyl groups excluding tert-OH is 2. The number of hydrogen-bond donors (Lipinski definition) is 4. The molecule has 4 aliphatic rings. The summed E-state index contributed by atoms with van der Waals surface area (Å²) in [5.41, 5.74) is 10.2. The number of halogens is 8. The fraction of sp³-hybridized carbons (Fsp3) is 0.376. The maximum atomic E-state index is 13.0. The number of ether oxygens (including phenoxy) is 4. The van der Waals surface area contributed by atoms with Crippen LogP contribution in [0.25, 0.3) is 0 Å². The molecule has 9 aromatic rings. The molecule has 630 valence electrons. The quantitative estimate of drug-likeness (QED) is 0.0184. The lowest BCUT2D eigenvalue weighted by atomic mass is 10.1. The first-order valence-corrected chi connectivity index (χ1v) is 42.3. The molecule has 16 nitrogen and oxygen atoms in total. The van der Waals surface area contributed by atoms with Gasteiger partial charge in [-0.2, -0.15) is 0 Å². The van der Waals surface area contributed by atoms with Gasteiger partial charge in [0.1, 0.15) is 41.9 Å². The van der Waals surface area contributed by atoms with Crippen LogP contribution in [0.4, 0.5) is 17.6 Å². The zero-order chi connectivity index (χ0) is 83.7. The van der Waals surface area contributed by atoms with Crippen LogP contribution < -0.4 is 10.6 Å². The van der Waals surface area contributed by atoms with Gasteiger partial charge in [-0.1, -0.05) is 216 Å². The topological polar surface area (TPSA) is 183 Å². The van der Waals surface area contributed by atoms with Crippen molar-refractivity contribution >= 4 is 73.7 Å². The average molecular weight is 1740 g/mol. The van der Waals surface area contributed by atoms with Crippen molar-refractivity contribution < 1.29 is 65.9 Å². The Labute approximate surface area is 711 Å². The van der Waals surface area contributed by atoms with Crippen LogP contribution in [0.5, 0.6) is 0 Å². The van der Waals surface area contributed by atoms with Gasteiger partial charge in [0.2, 0.25) is 17.1 Å². The van der Waals surface area contributed by atoms with Crippen molar-refractivity contribution in [2.45, 2.75) is 114 Å². The predicted molar refractivity (Wildman–Crippen MR) is 462 cm³/mol. The molecule has 3 atom stereocenters. The van der Waals surface area contributed by atoms with Crippen molar-refractivity contribution in [2.24, 2.45) is 0 Å². The van der Waals surface area contributed by atoms with Crippen LogP contribution >= 0.6 is 50.7 Å². The molecule has 0 bridgehead atoms. The van der Waals surface area contributed by atoms with Crippen molar-refractivity contribution in [1.82, 2.24) is 30.2 Å². The Morgan fingerprint density at radius 1 is 0.487 bits per heavy atom. The Kier molecular flexibility index (Phi) is 50.3. The fourth-order valence-corrected chi connectivity index (χ4v) is 12.8. The first kappa shape index (κ1) is 97.6. The number of rotatable bonds is 25. The first-order chi connectivity index (χ1) is 57.0. The minimum absolute atomic E-state index is 0.00989. The maximum Gasteiger partial charge on any atom is 0.252 e. The summed E-state index contributed by atoms with van der Waals surface area (Å²) < 4.78 is 73.5. The van der Waals surface area contributed by atoms with Crippen molar-refractivity contribution in [1.29, 1.82) is 0 Å². The highest BCUT2D eigenvalue weighted by atomic mass is 79.9. The molecule has 3 unspecified atom stereocenters. The lowest BCUT2D eigenvalue weighted by molar-refractivity contribution is -0.141. The zero-order valence-corrected chi connectivity index (χ0v) is 70.4. The van der Waals surface area contributed by atoms with Crippen LogP contribution in [-0.4, -0.2) is 181 Å². The second-order valence-corrected chi connectivity index (χ2v) is 29.3. The predicted octanol–water partition coefficient (Wildman–Crippen LogP) is 16.5. The molecular weight excluding hydrogens is 1620 g/mol. The normalized spacial score (nSPS) is 16.0. The summed E-state index contributed by atoms with van der Waals surface area (Å²) in [6.45, 7) is 14.0. The molecule has 4 saturated heterocycles. The molecule has 3 amide bonds. The maximum absolute atomic E-state index is 13.0. The minimum atomic E-state index is -0.508. The van der Waals surface area contributed by atoms with E-state index < -0.39 is 11.3 Å². The zero-order valence-electron chi connectivity index (χ0n) is 66.5. The Morgan fingerprint density at radius 2 is 0.915 bits per heavy atom. The number of nitrogens with one attached hydrogen (secondary N) is 2. The number of nitrogens with zero attached hydrogens (tertiary/aromatic N) is 4. The van der Waals surface area contributed by atoms with Crippen molar-refractivity contribution in [3.05, 3.63) is 322 Å². The van der Waals surface area contributed by atoms with Gasteiger partial charge in [0.15, 0.2) is 0 Å². The van der Waals surface area contributed by atoms with Crippen LogP contribution in [-0.2, 0) is 95.4 Å². The lowest BCUT2D eigenvalue weighted by Gasteiger charge is -2.24. The molecule has 0 radical (unpaired) electrons. The standard InChI is InChI=1S/C19H20FNO2.C19H22FNO.C12H16ClNO2.C12H16FNO.C12H15NO2.C10H15NO.C7H6BrF.C2H2Cl2O/c20-17-9-7-15(8-10-17)13-18-19(22)21(11-4-12-23-18)14-16-5-2-1-3-6-16;20-18-9-7-16(8-10-18)13-19-15-21(11-4-12-22-19)14-17-5-2-1-3-6-17;13-9-12(16)14(7-4-8-15)10-11-5-2-1-3-6-11;13-11-4-2-10(3-5-11)8-12-9-14-6-1-7-15-12;14-12-10-15-8-4-7-13(12)9-11-5-2-1-3-6-11;12-8-4-7-11-9-10-5-2-1-3-6-10;8-5-6-1-3-7(9)4-2-6;3-1-2(4)5/h1-3,5-10,18H,4,11-14H2;1-3,5-10,19H,4,11-15H2;1-3,5-6,15H,4,7-10H2;2-5,12,14H,1,6-9H2;1-3,5-6H,4,7-10H2;1-3,5-6,11-12H,4,7-9H2;1-4H,5H2;1H2. The molecule has 117 heavy (non-hydrogen) atoms. The molecule has 4 fully saturated rings. The second kappa shape index (κ2) is 60.3. The van der Waals surface area contributed by atoms with E-state index in [0.717, 1.165) is 149 Å². The van der Waals surface area contributed by atoms with Gasteiger partial charge in [-0.25, -0.2) is 17.6 Å². The average Bonchev–Trinajstić information content (AvgIpc) is 1.79. The van der Waals surface area contributed by atoms with Gasteiger partial charge >= 0.3 is 0 Å². The summed E-state index contributed by atoms with van der Waals surface area (Å²) in [4.78, 5) is 53.2. The van der Waals surface area contributed by atoms with Crippen molar-refractivity contribution in [3.8, 4) is 0 Å². The highest BCUT2D eigenvalue weighted by Crippen LogP contribution is 2.20. The second-order valence-electron chi connectivity index (χ2n) is 27.8. The van der Waals surface area contributed by atoms with E-state index >= 15 is 0 Å². The third-order valence-electron chi connectivity index (χ3n) is 18.3. The third kappa shape index (κ3) is 43.3. The molecule has 0 aromatic heterocycles. The van der Waals surface area contributed by atoms with Gasteiger partial charge in [0.25, 0.3) is 5.91 Å². The van der Waals surface area contributed by atoms with E-state index in [4.69, 9.17) is 64.0 Å². The van der Waals surface area contributed by atoms with E-state index in [1.165, 1.54) is 65.2 Å². The molecule has 4 heterocycles. The molecule has 9 aromatic carbocycles. The largest absolute Gasteiger partial charge is 0.396 e. The molecule has 13 rings (SSSR count). The molecule has 4 aliphatic heterocycles. The Balaban J connectivity index is 0.000000213. The van der Waals surface area contributed by atoms with Gasteiger partial charge in [0.05, 0.1) is 18.1 Å². The van der Waals surface area contributed by atoms with Crippen LogP contribution in [0.15, 0.2) is 249 Å². The third-order valence-corrected chi connectivity index (χ3v) is 19.7. The number of hydrogen-bond acceptors (Lipinski definition) is 13. The molecule has 24 heteroatoms. The van der Waals surface area contributed by atoms with Gasteiger partial charge in [0, 0.05) is 123 Å². The van der Waals surface area contributed by atoms with E-state index in [0.29, 0.717) is 58.8 Å². The number of carbonyl (C=O) groups is 4. The molecule has 4 N–H and O–H groups in total. The van der Waals surface area contributed by atoms with E-state index in [9.17, 15) is 36.7 Å². The van der Waals surface area contributed by atoms with Crippen LogP contribution in [0.3, 0.4) is 0 Å². The number of aliphatic hydroxyl groups is 2. The molecule has 0 saturated carbocycles. The SMILES string of the molecule is Fc1ccc(CBr)cc1.Fc1ccc(CC2CN(Cc3ccccc3)CCCO2)cc1.Fc1ccc(CC2CNCCCO2)cc1.O=C(CCl)N(CCCO)Cc1ccccc1.O=C(Cl)CCl.O=C1C(Cc2ccc(F)cc2)OCCCN1Cc1ccccc1.O=C1COCCCN1Cc1ccccc1.OCCCNCc1ccccc1. The van der Waals surface area contributed by atoms with Crippen molar-refractivity contribution in [3.63, 3.8) is 0 Å². The highest BCUT2D eigenvalue weighted by molar-refractivity contribution is 9.08. The number of amides is 3. The van der Waals surface area contributed by atoms with Gasteiger partial charge in [-0.15, -0.1) is 23.2 Å². The first-order valence-electron chi connectivity index (χ1n) is 39.7. The van der Waals surface area contributed by atoms with Crippen LogP contribution in [0.2, 0.25) is 0 Å². The summed E-state index contributed by atoms with van der Waals surface area (Å²) in [5, 5.41) is 24.1. The monoisotopic (exact) mass is 1730 g/mol. The number of alkyl halides is 3. The summed E-state index contributed by atoms with van der Waals surface area (Å²) in [5.74, 6) is -0.923. The van der Waals surface area contributed by atoms with Gasteiger partial charge in [-0.05, 0) is 175 Å². The Hall–Kier alpha value is -8.23. The highest BCUT2D eigenvalue weighted by Gasteiger charge is 2.29. The summed E-state index contributed by atoms with van der Waals surface area (Å²) in [7, 11) is 0. The van der Waals surface area contributed by atoms with E-state index in [1.807, 2.05) is 149 Å². The lowest BCUT2D eigenvalue weighted by Crippen LogP contribution is -2.39. The summed E-state index contributed by atoms with van der Waals surface area (Å²) in [6, 6.07) is 76.6. The summed E-state index contributed by atoms with van der Waals surface area (Å²) >= 11 is 18.3. The van der Waals surface area contributed by atoms with Crippen molar-refractivity contribution in [2.75, 3.05) is 110 Å². The van der Waals surface area contributed by atoms with Gasteiger partial charge < -0.3 is 54.5 Å². The Morgan fingerprint density at radius 3 is 1.42 bits per heavy atom. The minimum Gasteiger partial charge on any atom is -0.396 e. The summed E-state index contributed by atoms with van der Waals surface area (Å²) in [6.07, 6.45) is 7.37. The van der Waals surface area contributed by atoms with Crippen LogP contribution in [0, 0.1) is 23.3 Å². The molecule has 0 aliphatic carbocycles. The number of carbonyl (C=O) groups excluding carboxylic acids is 4. The van der Waals surface area contributed by atoms with E-state index in [-0.39, 0.29) is 84.8 Å². The Bertz CT molecular complexity index is 4080. The van der Waals surface area contributed by atoms with Gasteiger partial charge in [-0.3, -0.25) is 24.1 Å². The fourth-order valence-electron chi connectivity index (χ4n) is 12.3. The smallest absolute Gasteiger partial charge is 0.252 e.